The van der Waals surface area contributed by atoms with Gasteiger partial charge in [0.1, 0.15) is 0 Å². The van der Waals surface area contributed by atoms with Crippen molar-refractivity contribution in [2.24, 2.45) is 0 Å². The zero-order valence-corrected chi connectivity index (χ0v) is 17.9. The molecule has 0 spiro atoms. The van der Waals surface area contributed by atoms with Crippen LogP contribution in [0.25, 0.3) is 10.9 Å². The molecule has 6 heteroatoms. The smallest absolute Gasteiger partial charge is 0.228 e. The van der Waals surface area contributed by atoms with E-state index in [0.717, 1.165) is 48.5 Å². The van der Waals surface area contributed by atoms with Gasteiger partial charge in [0.05, 0.1) is 6.42 Å². The molecule has 0 saturated carbocycles. The van der Waals surface area contributed by atoms with Crippen molar-refractivity contribution in [3.8, 4) is 0 Å². The van der Waals surface area contributed by atoms with Crippen LogP contribution in [0.5, 0.6) is 0 Å². The van der Waals surface area contributed by atoms with E-state index in [9.17, 15) is 9.59 Å². The Hall–Kier alpha value is -3.12. The summed E-state index contributed by atoms with van der Waals surface area (Å²) in [5.41, 5.74) is 3.59. The van der Waals surface area contributed by atoms with Crippen molar-refractivity contribution in [3.63, 3.8) is 0 Å². The number of hydrogen-bond acceptors (Lipinski definition) is 3. The molecule has 30 heavy (non-hydrogen) atoms. The van der Waals surface area contributed by atoms with Crippen LogP contribution in [-0.4, -0.2) is 40.9 Å². The van der Waals surface area contributed by atoms with Crippen molar-refractivity contribution in [2.45, 2.75) is 33.7 Å². The molecule has 2 amide bonds. The van der Waals surface area contributed by atoms with Crippen LogP contribution < -0.4 is 10.6 Å². The minimum atomic E-state index is -0.113. The molecule has 0 aliphatic heterocycles. The monoisotopic (exact) mass is 406 g/mol. The van der Waals surface area contributed by atoms with Gasteiger partial charge in [-0.25, -0.2) is 0 Å². The molecule has 0 fully saturated rings. The standard InChI is InChI=1S/C24H30N4O2/c1-4-27(5-2)14-15-28-13-12-20-17-22(10-11-23(20)28)26-24(30)16-19-6-8-21(9-7-19)25-18(3)29/h6-13,17H,4-5,14-16H2,1-3H3,(H,25,29)(H,26,30). The molecule has 0 saturated heterocycles. The van der Waals surface area contributed by atoms with Crippen LogP contribution >= 0.6 is 0 Å². The van der Waals surface area contributed by atoms with Gasteiger partial charge in [0.25, 0.3) is 0 Å². The lowest BCUT2D eigenvalue weighted by atomic mass is 10.1. The van der Waals surface area contributed by atoms with Crippen molar-refractivity contribution in [2.75, 3.05) is 30.3 Å². The number of amides is 2. The largest absolute Gasteiger partial charge is 0.346 e. The number of hydrogen-bond donors (Lipinski definition) is 2. The Balaban J connectivity index is 1.60. The van der Waals surface area contributed by atoms with Gasteiger partial charge < -0.3 is 20.1 Å². The highest BCUT2D eigenvalue weighted by Gasteiger charge is 2.08. The number of nitrogens with one attached hydrogen (secondary N) is 2. The number of carbonyl (C=O) groups is 2. The Bertz CT molecular complexity index is 1000. The number of aromatic nitrogens is 1. The van der Waals surface area contributed by atoms with E-state index in [1.165, 1.54) is 12.4 Å². The Morgan fingerprint density at radius 3 is 2.30 bits per heavy atom. The zero-order chi connectivity index (χ0) is 21.5. The molecular formula is C24H30N4O2. The van der Waals surface area contributed by atoms with Crippen LogP contribution in [0.4, 0.5) is 11.4 Å². The van der Waals surface area contributed by atoms with Crippen molar-refractivity contribution in [1.82, 2.24) is 9.47 Å². The molecule has 0 atom stereocenters. The maximum Gasteiger partial charge on any atom is 0.228 e. The summed E-state index contributed by atoms with van der Waals surface area (Å²) in [6, 6.07) is 15.4. The summed E-state index contributed by atoms with van der Waals surface area (Å²) >= 11 is 0. The molecule has 3 aromatic rings. The predicted octanol–water partition coefficient (Wildman–Crippen LogP) is 4.12. The van der Waals surface area contributed by atoms with Gasteiger partial charge in [-0.05, 0) is 55.1 Å². The fourth-order valence-electron chi connectivity index (χ4n) is 3.56. The third-order valence-corrected chi connectivity index (χ3v) is 5.25. The van der Waals surface area contributed by atoms with Crippen molar-refractivity contribution in [1.29, 1.82) is 0 Å². The molecule has 0 aliphatic rings. The van der Waals surface area contributed by atoms with Crippen LogP contribution in [0.2, 0.25) is 0 Å². The van der Waals surface area contributed by atoms with Crippen molar-refractivity contribution in [3.05, 3.63) is 60.3 Å². The highest BCUT2D eigenvalue weighted by atomic mass is 16.2. The van der Waals surface area contributed by atoms with E-state index in [1.807, 2.05) is 24.3 Å². The first kappa shape index (κ1) is 21.6. The average Bonchev–Trinajstić information content (AvgIpc) is 3.12. The highest BCUT2D eigenvalue weighted by molar-refractivity contribution is 5.95. The Morgan fingerprint density at radius 1 is 0.933 bits per heavy atom. The van der Waals surface area contributed by atoms with E-state index >= 15 is 0 Å². The third kappa shape index (κ3) is 5.70. The Labute approximate surface area is 177 Å². The van der Waals surface area contributed by atoms with E-state index in [2.05, 4.69) is 52.3 Å². The first-order chi connectivity index (χ1) is 14.5. The van der Waals surface area contributed by atoms with Crippen LogP contribution in [0.1, 0.15) is 26.3 Å². The fraction of sp³-hybridized carbons (Fsp3) is 0.333. The number of rotatable bonds is 9. The molecule has 0 bridgehead atoms. The Morgan fingerprint density at radius 2 is 1.63 bits per heavy atom. The van der Waals surface area contributed by atoms with Gasteiger partial charge in [-0.3, -0.25) is 9.59 Å². The molecule has 1 aromatic heterocycles. The summed E-state index contributed by atoms with van der Waals surface area (Å²) in [6.07, 6.45) is 2.39. The number of anilines is 2. The summed E-state index contributed by atoms with van der Waals surface area (Å²) in [7, 11) is 0. The summed E-state index contributed by atoms with van der Waals surface area (Å²) in [5, 5.41) is 6.82. The molecule has 1 heterocycles. The lowest BCUT2D eigenvalue weighted by Gasteiger charge is -2.18. The lowest BCUT2D eigenvalue weighted by molar-refractivity contribution is -0.116. The number of nitrogens with zero attached hydrogens (tertiary/aromatic N) is 2. The predicted molar refractivity (Wildman–Crippen MR) is 123 cm³/mol. The first-order valence-corrected chi connectivity index (χ1v) is 10.5. The fourth-order valence-corrected chi connectivity index (χ4v) is 3.56. The third-order valence-electron chi connectivity index (χ3n) is 5.25. The molecule has 2 aromatic carbocycles. The zero-order valence-electron chi connectivity index (χ0n) is 17.9. The van der Waals surface area contributed by atoms with Crippen LogP contribution in [-0.2, 0) is 22.6 Å². The molecular weight excluding hydrogens is 376 g/mol. The quantitative estimate of drug-likeness (QED) is 0.562. The van der Waals surface area contributed by atoms with Gasteiger partial charge in [0, 0.05) is 48.5 Å². The minimum Gasteiger partial charge on any atom is -0.346 e. The van der Waals surface area contributed by atoms with Gasteiger partial charge in [0.15, 0.2) is 0 Å². The topological polar surface area (TPSA) is 66.4 Å². The van der Waals surface area contributed by atoms with Crippen LogP contribution in [0.15, 0.2) is 54.7 Å². The van der Waals surface area contributed by atoms with Gasteiger partial charge in [0.2, 0.25) is 11.8 Å². The second-order valence-corrected chi connectivity index (χ2v) is 7.41. The van der Waals surface area contributed by atoms with Gasteiger partial charge >= 0.3 is 0 Å². The second kappa shape index (κ2) is 10.1. The van der Waals surface area contributed by atoms with Gasteiger partial charge in [-0.2, -0.15) is 0 Å². The second-order valence-electron chi connectivity index (χ2n) is 7.41. The average molecular weight is 407 g/mol. The summed E-state index contributed by atoms with van der Waals surface area (Å²) < 4.78 is 2.26. The van der Waals surface area contributed by atoms with E-state index in [-0.39, 0.29) is 18.2 Å². The first-order valence-electron chi connectivity index (χ1n) is 10.5. The highest BCUT2D eigenvalue weighted by Crippen LogP contribution is 2.21. The minimum absolute atomic E-state index is 0.0670. The molecule has 0 unspecified atom stereocenters. The van der Waals surface area contributed by atoms with Crippen molar-refractivity contribution < 1.29 is 9.59 Å². The lowest BCUT2D eigenvalue weighted by Crippen LogP contribution is -2.26. The van der Waals surface area contributed by atoms with E-state index in [4.69, 9.17) is 0 Å². The molecule has 3 rings (SSSR count). The maximum absolute atomic E-state index is 12.4. The SMILES string of the molecule is CCN(CC)CCn1ccc2cc(NC(=O)Cc3ccc(NC(C)=O)cc3)ccc21. The number of carbonyl (C=O) groups excluding carboxylic acids is 2. The molecule has 0 radical (unpaired) electrons. The van der Waals surface area contributed by atoms with Crippen LogP contribution in [0.3, 0.4) is 0 Å². The summed E-state index contributed by atoms with van der Waals surface area (Å²) in [5.74, 6) is -0.180. The Kier molecular flexibility index (Phi) is 7.25. The number of fused-ring (bicyclic) bond motifs is 1. The van der Waals surface area contributed by atoms with E-state index in [1.54, 1.807) is 12.1 Å². The summed E-state index contributed by atoms with van der Waals surface area (Å²) in [6.45, 7) is 9.93. The van der Waals surface area contributed by atoms with Gasteiger partial charge in [-0.15, -0.1) is 0 Å². The molecule has 6 nitrogen and oxygen atoms in total. The maximum atomic E-state index is 12.4. The summed E-state index contributed by atoms with van der Waals surface area (Å²) in [4.78, 5) is 25.9. The normalized spacial score (nSPS) is 11.1. The molecule has 2 N–H and O–H groups in total. The van der Waals surface area contributed by atoms with Crippen molar-refractivity contribution >= 4 is 34.1 Å². The molecule has 0 aliphatic carbocycles. The molecule has 158 valence electrons. The van der Waals surface area contributed by atoms with Crippen LogP contribution in [0, 0.1) is 0 Å². The number of likely N-dealkylation sites (N-methyl/N-ethyl adjacent to an activating group) is 1. The van der Waals surface area contributed by atoms with E-state index < -0.39 is 0 Å². The number of benzene rings is 2. The van der Waals surface area contributed by atoms with Gasteiger partial charge in [-0.1, -0.05) is 26.0 Å². The van der Waals surface area contributed by atoms with E-state index in [0.29, 0.717) is 0 Å².